The van der Waals surface area contributed by atoms with Gasteiger partial charge in [-0.25, -0.2) is 0 Å². The van der Waals surface area contributed by atoms with E-state index in [4.69, 9.17) is 28.9 Å². The van der Waals surface area contributed by atoms with E-state index in [1.807, 2.05) is 0 Å². The lowest BCUT2D eigenvalue weighted by Crippen LogP contribution is -2.68. The Morgan fingerprint density at radius 1 is 1.11 bits per heavy atom. The molecular formula is C12H19NO5. The number of ether oxygens (including phenoxy) is 5. The van der Waals surface area contributed by atoms with Gasteiger partial charge in [-0.05, 0) is 13.8 Å². The molecule has 0 saturated carbocycles. The molecule has 0 unspecified atom stereocenters. The second-order valence-corrected chi connectivity index (χ2v) is 4.81. The molecule has 2 saturated heterocycles. The first-order valence-electron chi connectivity index (χ1n) is 5.93. The molecule has 5 atom stereocenters. The van der Waals surface area contributed by atoms with E-state index in [1.54, 1.807) is 13.8 Å². The summed E-state index contributed by atoms with van der Waals surface area (Å²) in [5, 5.41) is 9.12. The summed E-state index contributed by atoms with van der Waals surface area (Å²) >= 11 is 0. The SMILES string of the molecule is CO[C@@]1(C)O[C@@H]2[C@H](C#N)COC[C@H]2O[C@]1(C)OC. The van der Waals surface area contributed by atoms with Crippen molar-refractivity contribution in [3.05, 3.63) is 0 Å². The Bertz CT molecular complexity index is 357. The summed E-state index contributed by atoms with van der Waals surface area (Å²) in [5.74, 6) is -2.46. The molecule has 18 heavy (non-hydrogen) atoms. The zero-order valence-corrected chi connectivity index (χ0v) is 11.1. The van der Waals surface area contributed by atoms with Crippen molar-refractivity contribution in [3.63, 3.8) is 0 Å². The van der Waals surface area contributed by atoms with Crippen LogP contribution in [0.4, 0.5) is 0 Å². The van der Waals surface area contributed by atoms with E-state index in [2.05, 4.69) is 6.07 Å². The highest BCUT2D eigenvalue weighted by Crippen LogP contribution is 2.42. The molecule has 0 aromatic rings. The van der Waals surface area contributed by atoms with Gasteiger partial charge in [-0.3, -0.25) is 0 Å². The average molecular weight is 257 g/mol. The largest absolute Gasteiger partial charge is 0.377 e. The highest BCUT2D eigenvalue weighted by molar-refractivity contribution is 5.01. The zero-order chi connectivity index (χ0) is 13.4. The minimum absolute atomic E-state index is 0.323. The second kappa shape index (κ2) is 4.76. The van der Waals surface area contributed by atoms with Crippen LogP contribution in [0.15, 0.2) is 0 Å². The van der Waals surface area contributed by atoms with Crippen LogP contribution in [0.1, 0.15) is 13.8 Å². The maximum absolute atomic E-state index is 9.12. The van der Waals surface area contributed by atoms with E-state index in [9.17, 15) is 0 Å². The first-order valence-corrected chi connectivity index (χ1v) is 5.93. The molecule has 2 fully saturated rings. The molecule has 2 heterocycles. The van der Waals surface area contributed by atoms with Gasteiger partial charge in [0.15, 0.2) is 0 Å². The number of hydrogen-bond acceptors (Lipinski definition) is 6. The first kappa shape index (κ1) is 13.7. The maximum Gasteiger partial charge on any atom is 0.220 e. The van der Waals surface area contributed by atoms with E-state index in [0.717, 1.165) is 0 Å². The Labute approximate surface area is 107 Å². The van der Waals surface area contributed by atoms with Gasteiger partial charge >= 0.3 is 0 Å². The van der Waals surface area contributed by atoms with Crippen molar-refractivity contribution in [3.8, 4) is 6.07 Å². The summed E-state index contributed by atoms with van der Waals surface area (Å²) < 4.78 is 28.0. The fourth-order valence-electron chi connectivity index (χ4n) is 2.36. The van der Waals surface area contributed by atoms with Crippen LogP contribution in [0.5, 0.6) is 0 Å². The third-order valence-electron chi connectivity index (χ3n) is 3.85. The van der Waals surface area contributed by atoms with E-state index >= 15 is 0 Å². The topological polar surface area (TPSA) is 69.9 Å². The van der Waals surface area contributed by atoms with Crippen LogP contribution in [0.2, 0.25) is 0 Å². The van der Waals surface area contributed by atoms with Gasteiger partial charge in [0.2, 0.25) is 11.6 Å². The maximum atomic E-state index is 9.12. The van der Waals surface area contributed by atoms with Crippen molar-refractivity contribution in [1.29, 1.82) is 5.26 Å². The lowest BCUT2D eigenvalue weighted by atomic mass is 9.93. The predicted molar refractivity (Wildman–Crippen MR) is 60.5 cm³/mol. The van der Waals surface area contributed by atoms with Crippen LogP contribution < -0.4 is 0 Å². The molecule has 0 bridgehead atoms. The van der Waals surface area contributed by atoms with Crippen LogP contribution >= 0.6 is 0 Å². The lowest BCUT2D eigenvalue weighted by Gasteiger charge is -2.53. The standard InChI is InChI=1S/C12H19NO5/c1-11(14-3)12(2,15-4)18-10-8(5-13)6-16-7-9(10)17-11/h8-10H,6-7H2,1-4H3/t8-,9-,10-,11+,12+/m1/s1. The fraction of sp³-hybridized carbons (Fsp3) is 0.917. The second-order valence-electron chi connectivity index (χ2n) is 4.81. The summed E-state index contributed by atoms with van der Waals surface area (Å²) in [4.78, 5) is 0. The van der Waals surface area contributed by atoms with E-state index < -0.39 is 11.6 Å². The monoisotopic (exact) mass is 257 g/mol. The molecule has 0 amide bonds. The third-order valence-corrected chi connectivity index (χ3v) is 3.85. The van der Waals surface area contributed by atoms with Crippen LogP contribution in [0.3, 0.4) is 0 Å². The minimum atomic E-state index is -1.06. The minimum Gasteiger partial charge on any atom is -0.377 e. The van der Waals surface area contributed by atoms with Crippen molar-refractivity contribution in [2.75, 3.05) is 27.4 Å². The molecule has 102 valence electrons. The van der Waals surface area contributed by atoms with E-state index in [0.29, 0.717) is 13.2 Å². The van der Waals surface area contributed by atoms with Gasteiger partial charge in [0.05, 0.1) is 25.2 Å². The molecule has 0 aliphatic carbocycles. The molecule has 0 radical (unpaired) electrons. The first-order chi connectivity index (χ1) is 8.49. The van der Waals surface area contributed by atoms with Gasteiger partial charge in [0, 0.05) is 14.2 Å². The van der Waals surface area contributed by atoms with Gasteiger partial charge in [-0.15, -0.1) is 0 Å². The molecule has 2 rings (SSSR count). The molecule has 2 aliphatic heterocycles. The normalized spacial score (nSPS) is 48.3. The van der Waals surface area contributed by atoms with Crippen LogP contribution in [-0.4, -0.2) is 51.2 Å². The highest BCUT2D eigenvalue weighted by Gasteiger charge is 2.58. The third kappa shape index (κ3) is 1.92. The van der Waals surface area contributed by atoms with E-state index in [-0.39, 0.29) is 18.1 Å². The van der Waals surface area contributed by atoms with Crippen molar-refractivity contribution in [2.45, 2.75) is 37.6 Å². The van der Waals surface area contributed by atoms with Gasteiger partial charge in [0.25, 0.3) is 0 Å². The van der Waals surface area contributed by atoms with Gasteiger partial charge < -0.3 is 23.7 Å². The average Bonchev–Trinajstić information content (AvgIpc) is 2.39. The number of rotatable bonds is 2. The molecule has 0 spiro atoms. The fourth-order valence-corrected chi connectivity index (χ4v) is 2.36. The molecule has 2 aliphatic rings. The highest BCUT2D eigenvalue weighted by atomic mass is 16.8. The van der Waals surface area contributed by atoms with Gasteiger partial charge in [0.1, 0.15) is 12.2 Å². The van der Waals surface area contributed by atoms with Crippen molar-refractivity contribution in [2.24, 2.45) is 5.92 Å². The molecule has 6 heteroatoms. The quantitative estimate of drug-likeness (QED) is 0.724. The smallest absolute Gasteiger partial charge is 0.220 e. The Morgan fingerprint density at radius 2 is 1.72 bits per heavy atom. The Morgan fingerprint density at radius 3 is 2.28 bits per heavy atom. The summed E-state index contributed by atoms with van der Waals surface area (Å²) in [5.41, 5.74) is 0. The summed E-state index contributed by atoms with van der Waals surface area (Å²) in [6.45, 7) is 4.24. The number of hydrogen-bond donors (Lipinski definition) is 0. The zero-order valence-electron chi connectivity index (χ0n) is 11.1. The predicted octanol–water partition coefficient (Wildman–Crippen LogP) is 0.666. The molecule has 6 nitrogen and oxygen atoms in total. The Balaban J connectivity index is 2.27. The number of nitrogens with zero attached hydrogens (tertiary/aromatic N) is 1. The molecule has 0 N–H and O–H groups in total. The van der Waals surface area contributed by atoms with Crippen molar-refractivity contribution < 1.29 is 23.7 Å². The molecule has 0 aromatic carbocycles. The molecule has 0 aromatic heterocycles. The van der Waals surface area contributed by atoms with Gasteiger partial charge in [-0.1, -0.05) is 0 Å². The van der Waals surface area contributed by atoms with Gasteiger partial charge in [-0.2, -0.15) is 5.26 Å². The van der Waals surface area contributed by atoms with Crippen LogP contribution in [0.25, 0.3) is 0 Å². The molecular weight excluding hydrogens is 238 g/mol. The Kier molecular flexibility index (Phi) is 3.63. The number of fused-ring (bicyclic) bond motifs is 1. The van der Waals surface area contributed by atoms with Crippen molar-refractivity contribution in [1.82, 2.24) is 0 Å². The van der Waals surface area contributed by atoms with Crippen LogP contribution in [-0.2, 0) is 23.7 Å². The van der Waals surface area contributed by atoms with Crippen molar-refractivity contribution >= 4 is 0 Å². The summed E-state index contributed by atoms with van der Waals surface area (Å²) in [6.07, 6.45) is -0.687. The number of methoxy groups -OCH3 is 2. The number of nitriles is 1. The summed E-state index contributed by atoms with van der Waals surface area (Å²) in [6, 6.07) is 2.18. The Hall–Kier alpha value is -0.710. The van der Waals surface area contributed by atoms with Crippen LogP contribution in [0, 0.1) is 17.2 Å². The van der Waals surface area contributed by atoms with E-state index in [1.165, 1.54) is 14.2 Å². The lowest BCUT2D eigenvalue weighted by molar-refractivity contribution is -0.458. The summed E-state index contributed by atoms with van der Waals surface area (Å²) in [7, 11) is 3.06.